The predicted molar refractivity (Wildman–Crippen MR) is 488 cm³/mol. The number of aromatic amines is 1. The van der Waals surface area contributed by atoms with Gasteiger partial charge in [0.25, 0.3) is 0 Å². The maximum Gasteiger partial charge on any atom is 0.326 e. The third-order valence-corrected chi connectivity index (χ3v) is 22.9. The zero-order chi connectivity index (χ0) is 96.2. The van der Waals surface area contributed by atoms with E-state index >= 15 is 24.0 Å². The van der Waals surface area contributed by atoms with E-state index in [1.165, 1.54) is 12.5 Å². The van der Waals surface area contributed by atoms with Gasteiger partial charge in [-0.25, -0.2) is 9.78 Å². The minimum Gasteiger partial charge on any atom is -0.480 e. The van der Waals surface area contributed by atoms with Crippen LogP contribution in [0.15, 0.2) is 27.5 Å². The van der Waals surface area contributed by atoms with Crippen LogP contribution in [-0.4, -0.2) is 240 Å². The van der Waals surface area contributed by atoms with Crippen molar-refractivity contribution in [2.45, 2.75) is 329 Å². The molecule has 0 aliphatic heterocycles. The number of hydrogen-bond acceptors (Lipinski definition) is 22. The Hall–Kier alpha value is -10.6. The summed E-state index contributed by atoms with van der Waals surface area (Å²) in [7, 11) is 0. The number of hydrogen-bond donors (Lipinski definition) is 25. The van der Waals surface area contributed by atoms with Gasteiger partial charge in [-0.1, -0.05) is 135 Å². The molecular weight excluding hydrogens is 1640 g/mol. The Morgan fingerprint density at radius 3 is 0.811 bits per heavy atom. The summed E-state index contributed by atoms with van der Waals surface area (Å²) in [4.78, 5) is 222. The predicted octanol–water partition coefficient (Wildman–Crippen LogP) is -2.46. The number of carbonyl (C=O) groups is 14. The molecule has 1 heterocycles. The molecule has 1 aromatic rings. The lowest BCUT2D eigenvalue weighted by Gasteiger charge is -2.32. The first-order valence-electron chi connectivity index (χ1n) is 45.2. The number of rotatable bonds is 67. The fourth-order valence-corrected chi connectivity index (χ4v) is 13.6. The number of aromatic nitrogens is 2. The SMILES string of the molecule is CC[C@H](C)[C@H](NC(=O)[C@H](Cc1cnc[nH]1)NC(=O)[C@@H](NC(=O)[C@@H](NC(=O)[C@H](CCCCN)NC(=O)[C@H](CCCN=C(N)N)NC(=O)[C@@H](NC(=O)[C@@H](NC(=O)[C@H](CCCN=C(N)N)NC(=O)[C@H](CCCN=C(N)N)NC(=O)[C@@H](N)CC(C)C)[C@@H](C)CC)[C@@H](C)CC)[C@@H](C)CC)[C@@H](C)CC)C(=O)N[C@H](C(=O)N[C@@H](CCCCN)C(=O)N[C@@H](CCCCN)C(=O)O)[C@@H](C)CC. The molecule has 1 aromatic heterocycles. The normalized spacial score (nSPS) is 16.0. The highest BCUT2D eigenvalue weighted by molar-refractivity contribution is 6.00. The van der Waals surface area contributed by atoms with Gasteiger partial charge in [0.05, 0.1) is 12.4 Å². The van der Waals surface area contributed by atoms with Crippen molar-refractivity contribution < 1.29 is 72.2 Å². The van der Waals surface area contributed by atoms with Gasteiger partial charge in [0, 0.05) is 37.9 Å². The van der Waals surface area contributed by atoms with Crippen molar-refractivity contribution in [3.63, 3.8) is 0 Å². The summed E-state index contributed by atoms with van der Waals surface area (Å²) in [5.74, 6) is -15.8. The number of aliphatic imine (C=N–C) groups is 3. The van der Waals surface area contributed by atoms with Crippen LogP contribution in [0.25, 0.3) is 0 Å². The van der Waals surface area contributed by atoms with E-state index in [1.54, 1.807) is 83.1 Å². The average Bonchev–Trinajstić information content (AvgIpc) is 1.21. The van der Waals surface area contributed by atoms with E-state index in [0.29, 0.717) is 89.3 Å². The van der Waals surface area contributed by atoms with Gasteiger partial charge < -0.3 is 137 Å². The van der Waals surface area contributed by atoms with Gasteiger partial charge in [-0.3, -0.25) is 77.3 Å². The van der Waals surface area contributed by atoms with Crippen LogP contribution in [0.4, 0.5) is 0 Å². The van der Waals surface area contributed by atoms with Gasteiger partial charge in [-0.2, -0.15) is 0 Å². The molecule has 0 saturated heterocycles. The van der Waals surface area contributed by atoms with Gasteiger partial charge in [0.2, 0.25) is 76.8 Å². The topological polar surface area (TPSA) is 742 Å². The number of unbranched alkanes of at least 4 members (excludes halogenated alkanes) is 3. The zero-order valence-corrected chi connectivity index (χ0v) is 77.5. The fraction of sp³-hybridized carbons (Fsp3) is 0.762. The molecule has 43 heteroatoms. The van der Waals surface area contributed by atoms with E-state index in [-0.39, 0.29) is 127 Å². The molecule has 0 saturated carbocycles. The first kappa shape index (κ1) is 114. The maximum atomic E-state index is 15.1. The number of imidazole rings is 1. The molecular formula is C84H158N28O15. The molecule has 35 N–H and O–H groups in total. The van der Waals surface area contributed by atoms with E-state index in [0.717, 1.165) is 0 Å². The first-order valence-corrected chi connectivity index (χ1v) is 45.2. The monoisotopic (exact) mass is 1800 g/mol. The molecule has 20 atom stereocenters. The second-order valence-corrected chi connectivity index (χ2v) is 33.7. The Labute approximate surface area is 749 Å². The van der Waals surface area contributed by atoms with E-state index in [2.05, 4.69) is 94.1 Å². The first-order chi connectivity index (χ1) is 60.0. The van der Waals surface area contributed by atoms with Crippen LogP contribution in [0.2, 0.25) is 0 Å². The molecule has 0 aromatic carbocycles. The number of guanidine groups is 3. The Morgan fingerprint density at radius 2 is 0.559 bits per heavy atom. The van der Waals surface area contributed by atoms with Crippen molar-refractivity contribution in [2.75, 3.05) is 39.3 Å². The summed E-state index contributed by atoms with van der Waals surface area (Å²) in [5, 5.41) is 46.0. The van der Waals surface area contributed by atoms with E-state index in [1.807, 2.05) is 13.8 Å². The van der Waals surface area contributed by atoms with E-state index in [9.17, 15) is 48.3 Å². The minimum absolute atomic E-state index is 0.0119. The molecule has 0 unspecified atom stereocenters. The van der Waals surface area contributed by atoms with E-state index in [4.69, 9.17) is 57.3 Å². The van der Waals surface area contributed by atoms with Gasteiger partial charge in [-0.05, 0) is 164 Å². The Bertz CT molecular complexity index is 3640. The van der Waals surface area contributed by atoms with Crippen LogP contribution in [0.1, 0.15) is 244 Å². The standard InChI is InChI=1S/C84H158N28O15/c1-15-47(9)62(75(120)103-55(30-21-24-36-85)71(116)105-60(81(126)127)32-23-26-38-87)111-80(125)67(52(14)20-6)109-74(119)61(43-53-44-95-45-99-53)106-77(122)64(49(11)17-3)112-79(124)65(50(12)18-4)107-72(117)56(31-22-25-37-86)101-70(115)58(34-28-40-97-83(91)92)104-76(121)63(48(10)16-2)110-78(123)66(51(13)19-5)108-73(118)59(35-29-41-98-84(93)94)102-69(114)57(33-27-39-96-82(89)90)100-68(113)54(88)42-46(7)8/h44-52,54-67H,15-43,85-88H2,1-14H3,(H,95,99)(H,100,113)(H,101,115)(H,102,114)(H,103,120)(H,104,121)(H,105,116)(H,106,122)(H,107,117)(H,108,118)(H,109,119)(H,110,123)(H,111,125)(H,112,124)(H,126,127)(H4,89,90,96)(H4,91,92,97)(H4,93,94,98)/t47-,48-,49-,50-,51-,52-,54-,55-,56-,57-,58-,59-,60-,61-,62-,63-,64-,65-,66-,67-/m0/s1. The number of carboxylic acids is 1. The summed E-state index contributed by atoms with van der Waals surface area (Å²) < 4.78 is 0. The minimum atomic E-state index is -1.46. The molecule has 0 spiro atoms. The smallest absolute Gasteiger partial charge is 0.326 e. The second kappa shape index (κ2) is 62.6. The summed E-state index contributed by atoms with van der Waals surface area (Å²) in [5.41, 5.74) is 57.7. The average molecular weight is 1800 g/mol. The van der Waals surface area contributed by atoms with Crippen LogP contribution in [-0.2, 0) is 73.5 Å². The fourth-order valence-electron chi connectivity index (χ4n) is 13.6. The van der Waals surface area contributed by atoms with Crippen LogP contribution < -0.4 is 126 Å². The highest BCUT2D eigenvalue weighted by Crippen LogP contribution is 2.21. The highest BCUT2D eigenvalue weighted by atomic mass is 16.4. The number of nitrogens with two attached hydrogens (primary N) is 10. The molecule has 0 fully saturated rings. The summed E-state index contributed by atoms with van der Waals surface area (Å²) in [6, 6.07) is -18.5. The zero-order valence-electron chi connectivity index (χ0n) is 77.5. The van der Waals surface area contributed by atoms with Crippen LogP contribution in [0, 0.1) is 41.4 Å². The maximum absolute atomic E-state index is 15.1. The molecule has 0 aliphatic rings. The Morgan fingerprint density at radius 1 is 0.331 bits per heavy atom. The molecule has 127 heavy (non-hydrogen) atoms. The lowest BCUT2D eigenvalue weighted by atomic mass is 9.93. The van der Waals surface area contributed by atoms with Crippen molar-refractivity contribution in [1.29, 1.82) is 0 Å². The van der Waals surface area contributed by atoms with Crippen molar-refractivity contribution in [2.24, 2.45) is 114 Å². The summed E-state index contributed by atoms with van der Waals surface area (Å²) in [6.45, 7) is 25.6. The third kappa shape index (κ3) is 43.7. The van der Waals surface area contributed by atoms with E-state index < -0.39 is 203 Å². The van der Waals surface area contributed by atoms with Crippen molar-refractivity contribution in [3.05, 3.63) is 18.2 Å². The van der Waals surface area contributed by atoms with Gasteiger partial charge in [-0.15, -0.1) is 0 Å². The van der Waals surface area contributed by atoms with Gasteiger partial charge in [0.15, 0.2) is 17.9 Å². The number of carboxylic acid groups (broad SMARTS) is 1. The van der Waals surface area contributed by atoms with Crippen molar-refractivity contribution in [1.82, 2.24) is 79.1 Å². The number of nitrogens with one attached hydrogen (secondary N) is 14. The number of nitrogens with zero attached hydrogens (tertiary/aromatic N) is 4. The number of carbonyl (C=O) groups excluding carboxylic acids is 13. The molecule has 0 radical (unpaired) electrons. The molecule has 0 aliphatic carbocycles. The number of aliphatic carboxylic acids is 1. The second-order valence-electron chi connectivity index (χ2n) is 33.7. The lowest BCUT2D eigenvalue weighted by molar-refractivity contribution is -0.142. The number of H-pyrrole nitrogens is 1. The number of amides is 13. The van der Waals surface area contributed by atoms with Crippen LogP contribution >= 0.6 is 0 Å². The largest absolute Gasteiger partial charge is 0.480 e. The quantitative estimate of drug-likeness (QED) is 0.0183. The lowest BCUT2D eigenvalue weighted by Crippen LogP contribution is -2.63. The van der Waals surface area contributed by atoms with Crippen LogP contribution in [0.5, 0.6) is 0 Å². The van der Waals surface area contributed by atoms with Gasteiger partial charge in [0.1, 0.15) is 78.5 Å². The molecule has 13 amide bonds. The molecule has 0 bridgehead atoms. The molecule has 1 rings (SSSR count). The van der Waals surface area contributed by atoms with Crippen LogP contribution in [0.3, 0.4) is 0 Å². The van der Waals surface area contributed by atoms with Crippen molar-refractivity contribution in [3.8, 4) is 0 Å². The third-order valence-electron chi connectivity index (χ3n) is 22.9. The van der Waals surface area contributed by atoms with Crippen molar-refractivity contribution >= 4 is 101 Å². The molecule has 724 valence electrons. The Balaban J connectivity index is 3.92. The highest BCUT2D eigenvalue weighted by Gasteiger charge is 2.42. The summed E-state index contributed by atoms with van der Waals surface area (Å²) in [6.07, 6.45) is 7.73. The summed E-state index contributed by atoms with van der Waals surface area (Å²) >= 11 is 0. The van der Waals surface area contributed by atoms with Gasteiger partial charge >= 0.3 is 5.97 Å². The Kier molecular flexibility index (Phi) is 56.4. The molecule has 43 nitrogen and oxygen atoms in total.